The van der Waals surface area contributed by atoms with Crippen LogP contribution in [-0.2, 0) is 41.8 Å². The van der Waals surface area contributed by atoms with Crippen LogP contribution in [0.1, 0.15) is 60.8 Å². The standard InChI is InChI=1S/C24H50O10Si/c1-7-32-35(33-8-2,34-9-3)17-11-10-12-24(26)30-16-15-29-23(6)20-31-22(5)19-27-18-21(4)28-14-13-25/h21-23,25H,7-20H2,1-6H3. The highest BCUT2D eigenvalue weighted by Crippen LogP contribution is 2.20. The van der Waals surface area contributed by atoms with Gasteiger partial charge in [0.05, 0.1) is 58.0 Å². The summed E-state index contributed by atoms with van der Waals surface area (Å²) >= 11 is 0. The molecular weight excluding hydrogens is 476 g/mol. The molecule has 10 nitrogen and oxygen atoms in total. The van der Waals surface area contributed by atoms with Gasteiger partial charge in [-0.05, 0) is 54.4 Å². The minimum absolute atomic E-state index is 0.00165. The summed E-state index contributed by atoms with van der Waals surface area (Å²) < 4.78 is 45.0. The van der Waals surface area contributed by atoms with Gasteiger partial charge in [-0.1, -0.05) is 0 Å². The van der Waals surface area contributed by atoms with Crippen LogP contribution < -0.4 is 0 Å². The van der Waals surface area contributed by atoms with Crippen LogP contribution >= 0.6 is 0 Å². The first-order valence-corrected chi connectivity index (χ1v) is 14.9. The van der Waals surface area contributed by atoms with Gasteiger partial charge in [-0.25, -0.2) is 0 Å². The number of carbonyl (C=O) groups excluding carboxylic acids is 1. The van der Waals surface area contributed by atoms with Crippen molar-refractivity contribution in [1.82, 2.24) is 0 Å². The Hall–Kier alpha value is -0.633. The van der Waals surface area contributed by atoms with Crippen molar-refractivity contribution in [3.8, 4) is 0 Å². The molecule has 35 heavy (non-hydrogen) atoms. The molecule has 0 bridgehead atoms. The van der Waals surface area contributed by atoms with E-state index in [9.17, 15) is 4.79 Å². The largest absolute Gasteiger partial charge is 0.500 e. The van der Waals surface area contributed by atoms with Crippen molar-refractivity contribution in [2.45, 2.75) is 85.2 Å². The summed E-state index contributed by atoms with van der Waals surface area (Å²) in [5, 5.41) is 8.74. The number of aliphatic hydroxyl groups excluding tert-OH is 1. The molecule has 0 aromatic rings. The molecule has 0 aromatic carbocycles. The molecule has 3 atom stereocenters. The fourth-order valence-electron chi connectivity index (χ4n) is 3.19. The molecule has 210 valence electrons. The van der Waals surface area contributed by atoms with Crippen LogP contribution in [0.2, 0.25) is 6.04 Å². The van der Waals surface area contributed by atoms with Gasteiger partial charge in [0, 0.05) is 32.3 Å². The molecule has 0 fully saturated rings. The molecule has 0 amide bonds. The highest BCUT2D eigenvalue weighted by molar-refractivity contribution is 6.60. The quantitative estimate of drug-likeness (QED) is 0.108. The molecule has 1 N–H and O–H groups in total. The van der Waals surface area contributed by atoms with E-state index in [-0.39, 0.29) is 37.5 Å². The summed E-state index contributed by atoms with van der Waals surface area (Å²) in [5.74, 6) is -0.239. The van der Waals surface area contributed by atoms with Gasteiger partial charge in [-0.3, -0.25) is 4.79 Å². The van der Waals surface area contributed by atoms with Crippen molar-refractivity contribution in [1.29, 1.82) is 0 Å². The summed E-state index contributed by atoms with van der Waals surface area (Å²) in [6, 6.07) is 0.691. The number of unbranched alkanes of at least 4 members (excludes halogenated alkanes) is 1. The van der Waals surface area contributed by atoms with Crippen molar-refractivity contribution in [2.24, 2.45) is 0 Å². The lowest BCUT2D eigenvalue weighted by atomic mass is 10.2. The Balaban J connectivity index is 3.86. The zero-order chi connectivity index (χ0) is 26.4. The van der Waals surface area contributed by atoms with Gasteiger partial charge in [0.1, 0.15) is 6.61 Å². The fourth-order valence-corrected chi connectivity index (χ4v) is 5.87. The lowest BCUT2D eigenvalue weighted by Gasteiger charge is -2.28. The zero-order valence-corrected chi connectivity index (χ0v) is 23.8. The maximum atomic E-state index is 12.0. The number of hydrogen-bond acceptors (Lipinski definition) is 10. The molecule has 11 heteroatoms. The number of carbonyl (C=O) groups is 1. The Morgan fingerprint density at radius 3 is 1.86 bits per heavy atom. The second-order valence-corrected chi connectivity index (χ2v) is 10.9. The topological polar surface area (TPSA) is 111 Å². The summed E-state index contributed by atoms with van der Waals surface area (Å²) in [4.78, 5) is 12.0. The number of hydrogen-bond donors (Lipinski definition) is 1. The summed E-state index contributed by atoms with van der Waals surface area (Å²) in [7, 11) is -2.65. The van der Waals surface area contributed by atoms with Crippen molar-refractivity contribution in [2.75, 3.05) is 66.1 Å². The Morgan fingerprint density at radius 1 is 0.743 bits per heavy atom. The van der Waals surface area contributed by atoms with Gasteiger partial charge in [-0.2, -0.15) is 0 Å². The predicted molar refractivity (Wildman–Crippen MR) is 134 cm³/mol. The Labute approximate surface area is 213 Å². The molecule has 0 spiro atoms. The molecule has 0 aliphatic rings. The van der Waals surface area contributed by atoms with Gasteiger partial charge < -0.3 is 42.1 Å². The van der Waals surface area contributed by atoms with Crippen molar-refractivity contribution < 1.29 is 46.9 Å². The minimum Gasteiger partial charge on any atom is -0.463 e. The van der Waals surface area contributed by atoms with Crippen LogP contribution in [0, 0.1) is 0 Å². The maximum Gasteiger partial charge on any atom is 0.500 e. The Morgan fingerprint density at radius 2 is 1.29 bits per heavy atom. The van der Waals surface area contributed by atoms with Crippen molar-refractivity contribution in [3.05, 3.63) is 0 Å². The van der Waals surface area contributed by atoms with Crippen LogP contribution in [0.25, 0.3) is 0 Å². The average molecular weight is 527 g/mol. The predicted octanol–water partition coefficient (Wildman–Crippen LogP) is 2.97. The second-order valence-electron chi connectivity index (χ2n) is 8.18. The van der Waals surface area contributed by atoms with E-state index >= 15 is 0 Å². The van der Waals surface area contributed by atoms with E-state index in [2.05, 4.69) is 0 Å². The number of rotatable bonds is 25. The molecule has 0 aromatic heterocycles. The molecule has 0 aliphatic heterocycles. The molecule has 3 unspecified atom stereocenters. The zero-order valence-electron chi connectivity index (χ0n) is 22.8. The summed E-state index contributed by atoms with van der Waals surface area (Å²) in [6.07, 6.45) is 1.53. The first-order valence-electron chi connectivity index (χ1n) is 12.9. The van der Waals surface area contributed by atoms with Gasteiger partial charge in [0.15, 0.2) is 0 Å². The van der Waals surface area contributed by atoms with Crippen LogP contribution in [-0.4, -0.2) is 104 Å². The Kier molecular flexibility index (Phi) is 22.1. The van der Waals surface area contributed by atoms with E-state index < -0.39 is 8.80 Å². The normalized spacial score (nSPS) is 14.6. The van der Waals surface area contributed by atoms with Gasteiger partial charge in [0.2, 0.25) is 0 Å². The first kappa shape index (κ1) is 34.4. The Bertz CT molecular complexity index is 480. The van der Waals surface area contributed by atoms with E-state index in [1.807, 2.05) is 41.5 Å². The van der Waals surface area contributed by atoms with E-state index in [0.717, 1.165) is 6.42 Å². The van der Waals surface area contributed by atoms with Crippen molar-refractivity contribution in [3.63, 3.8) is 0 Å². The number of ether oxygens (including phenoxy) is 5. The van der Waals surface area contributed by atoms with E-state index in [0.29, 0.717) is 71.7 Å². The third-order valence-electron chi connectivity index (χ3n) is 4.77. The van der Waals surface area contributed by atoms with Crippen molar-refractivity contribution >= 4 is 14.8 Å². The highest BCUT2D eigenvalue weighted by Gasteiger charge is 2.39. The molecule has 0 aliphatic carbocycles. The number of esters is 1. The molecule has 0 saturated carbocycles. The summed E-state index contributed by atoms with van der Waals surface area (Å²) in [6.45, 7) is 15.3. The number of aliphatic hydroxyl groups is 1. The summed E-state index contributed by atoms with van der Waals surface area (Å²) in [5.41, 5.74) is 0. The van der Waals surface area contributed by atoms with Gasteiger partial charge in [0.25, 0.3) is 0 Å². The van der Waals surface area contributed by atoms with Gasteiger partial charge in [-0.15, -0.1) is 0 Å². The third kappa shape index (κ3) is 19.2. The highest BCUT2D eigenvalue weighted by atomic mass is 28.4. The van der Waals surface area contributed by atoms with E-state index in [1.165, 1.54) is 0 Å². The van der Waals surface area contributed by atoms with Gasteiger partial charge >= 0.3 is 14.8 Å². The maximum absolute atomic E-state index is 12.0. The smallest absolute Gasteiger partial charge is 0.463 e. The fraction of sp³-hybridized carbons (Fsp3) is 0.958. The lowest BCUT2D eigenvalue weighted by Crippen LogP contribution is -2.45. The minimum atomic E-state index is -2.65. The SMILES string of the molecule is CCO[Si](CCCCC(=O)OCCOC(C)COC(C)COCC(C)OCCO)(OCC)OCC. The lowest BCUT2D eigenvalue weighted by molar-refractivity contribution is -0.146. The molecule has 0 radical (unpaired) electrons. The van der Waals surface area contributed by atoms with E-state index in [4.69, 9.17) is 42.1 Å². The molecule has 0 saturated heterocycles. The molecule has 0 heterocycles. The van der Waals surface area contributed by atoms with Crippen LogP contribution in [0.15, 0.2) is 0 Å². The van der Waals surface area contributed by atoms with E-state index in [1.54, 1.807) is 0 Å². The average Bonchev–Trinajstić information content (AvgIpc) is 2.82. The molecular formula is C24H50O10Si. The monoisotopic (exact) mass is 526 g/mol. The van der Waals surface area contributed by atoms with Crippen LogP contribution in [0.5, 0.6) is 0 Å². The van der Waals surface area contributed by atoms with Crippen LogP contribution in [0.3, 0.4) is 0 Å². The first-order chi connectivity index (χ1) is 16.8. The third-order valence-corrected chi connectivity index (χ3v) is 7.92. The molecule has 0 rings (SSSR count). The van der Waals surface area contributed by atoms with Crippen LogP contribution in [0.4, 0.5) is 0 Å². The second kappa shape index (κ2) is 22.6.